The second kappa shape index (κ2) is 4.44. The van der Waals surface area contributed by atoms with E-state index in [1.807, 2.05) is 12.4 Å². The third-order valence-electron chi connectivity index (χ3n) is 4.45. The Morgan fingerprint density at radius 3 is 2.63 bits per heavy atom. The maximum Gasteiger partial charge on any atom is 0.0512 e. The van der Waals surface area contributed by atoms with E-state index >= 15 is 0 Å². The Balaban J connectivity index is 1.69. The molecule has 2 N–H and O–H groups in total. The van der Waals surface area contributed by atoms with E-state index in [0.717, 1.165) is 0 Å². The molecule has 0 radical (unpaired) electrons. The van der Waals surface area contributed by atoms with Crippen LogP contribution >= 0.6 is 0 Å². The lowest BCUT2D eigenvalue weighted by atomic mass is 9.76. The Labute approximate surface area is 113 Å². The van der Waals surface area contributed by atoms with E-state index < -0.39 is 0 Å². The zero-order chi connectivity index (χ0) is 12.7. The van der Waals surface area contributed by atoms with Gasteiger partial charge in [-0.15, -0.1) is 0 Å². The predicted molar refractivity (Wildman–Crippen MR) is 74.2 cm³/mol. The van der Waals surface area contributed by atoms with Crippen molar-refractivity contribution in [1.82, 2.24) is 15.8 Å². The summed E-state index contributed by atoms with van der Waals surface area (Å²) in [5.74, 6) is 0.622. The number of aromatic nitrogens is 1. The van der Waals surface area contributed by atoms with Crippen molar-refractivity contribution in [1.29, 1.82) is 0 Å². The highest BCUT2D eigenvalue weighted by Crippen LogP contribution is 2.44. The van der Waals surface area contributed by atoms with Crippen molar-refractivity contribution in [2.24, 2.45) is 5.92 Å². The van der Waals surface area contributed by atoms with E-state index in [9.17, 15) is 0 Å². The van der Waals surface area contributed by atoms with Gasteiger partial charge < -0.3 is 0 Å². The number of fused-ring (bicyclic) bond motifs is 3. The maximum absolute atomic E-state index is 4.11. The van der Waals surface area contributed by atoms with Crippen LogP contribution in [0.1, 0.15) is 35.2 Å². The molecule has 1 aromatic carbocycles. The molecule has 1 aromatic heterocycles. The van der Waals surface area contributed by atoms with Crippen molar-refractivity contribution in [2.45, 2.75) is 24.9 Å². The molecule has 4 rings (SSSR count). The van der Waals surface area contributed by atoms with Crippen molar-refractivity contribution in [3.8, 4) is 0 Å². The summed E-state index contributed by atoms with van der Waals surface area (Å²) < 4.78 is 0. The van der Waals surface area contributed by atoms with E-state index in [1.165, 1.54) is 29.5 Å². The monoisotopic (exact) mass is 251 g/mol. The minimum Gasteiger partial charge on any atom is -0.265 e. The number of benzene rings is 1. The fourth-order valence-corrected chi connectivity index (χ4v) is 3.52. The third kappa shape index (κ3) is 1.78. The van der Waals surface area contributed by atoms with Crippen LogP contribution in [0.3, 0.4) is 0 Å². The molecular weight excluding hydrogens is 234 g/mol. The Hall–Kier alpha value is -1.71. The first-order chi connectivity index (χ1) is 9.43. The molecule has 2 aromatic rings. The highest BCUT2D eigenvalue weighted by molar-refractivity contribution is 5.35. The molecule has 1 aliphatic carbocycles. The Kier molecular flexibility index (Phi) is 2.60. The van der Waals surface area contributed by atoms with Gasteiger partial charge in [0.05, 0.1) is 12.1 Å². The van der Waals surface area contributed by atoms with Gasteiger partial charge in [-0.25, -0.2) is 10.9 Å². The van der Waals surface area contributed by atoms with E-state index in [4.69, 9.17) is 0 Å². The van der Waals surface area contributed by atoms with Crippen LogP contribution in [0.2, 0.25) is 0 Å². The number of aryl methyl sites for hydroxylation is 1. The summed E-state index contributed by atoms with van der Waals surface area (Å²) in [5.41, 5.74) is 11.3. The van der Waals surface area contributed by atoms with E-state index in [0.29, 0.717) is 18.0 Å². The Bertz CT molecular complexity index is 582. The Morgan fingerprint density at radius 2 is 1.74 bits per heavy atom. The average Bonchev–Trinajstić information content (AvgIpc) is 2.92. The summed E-state index contributed by atoms with van der Waals surface area (Å²) in [4.78, 5) is 4.11. The number of nitrogens with one attached hydrogen (secondary N) is 2. The number of pyridine rings is 1. The maximum atomic E-state index is 4.11. The van der Waals surface area contributed by atoms with Crippen LogP contribution < -0.4 is 10.9 Å². The molecule has 1 saturated heterocycles. The SMILES string of the molecule is c1ccc2c(c1)CCC1C(c3ccncc3)NNC21. The summed E-state index contributed by atoms with van der Waals surface area (Å²) >= 11 is 0. The van der Waals surface area contributed by atoms with Gasteiger partial charge in [0.15, 0.2) is 0 Å². The van der Waals surface area contributed by atoms with Gasteiger partial charge in [0.1, 0.15) is 0 Å². The second-order valence-electron chi connectivity index (χ2n) is 5.43. The van der Waals surface area contributed by atoms with Crippen molar-refractivity contribution >= 4 is 0 Å². The first-order valence-corrected chi connectivity index (χ1v) is 6.92. The summed E-state index contributed by atoms with van der Waals surface area (Å²) in [5, 5.41) is 0. The van der Waals surface area contributed by atoms with E-state index in [1.54, 1.807) is 0 Å². The van der Waals surface area contributed by atoms with Gasteiger partial charge in [0, 0.05) is 18.3 Å². The molecule has 0 bridgehead atoms. The zero-order valence-corrected chi connectivity index (χ0v) is 10.7. The first-order valence-electron chi connectivity index (χ1n) is 6.92. The molecule has 19 heavy (non-hydrogen) atoms. The summed E-state index contributed by atoms with van der Waals surface area (Å²) in [6.45, 7) is 0. The van der Waals surface area contributed by atoms with Crippen molar-refractivity contribution in [3.63, 3.8) is 0 Å². The summed E-state index contributed by atoms with van der Waals surface area (Å²) in [7, 11) is 0. The molecule has 1 fully saturated rings. The Morgan fingerprint density at radius 1 is 0.947 bits per heavy atom. The molecule has 2 aliphatic rings. The number of hydrazine groups is 1. The van der Waals surface area contributed by atoms with Crippen LogP contribution in [0, 0.1) is 5.92 Å². The molecular formula is C16H17N3. The van der Waals surface area contributed by atoms with Crippen LogP contribution in [0.15, 0.2) is 48.8 Å². The molecule has 3 heteroatoms. The third-order valence-corrected chi connectivity index (χ3v) is 4.45. The van der Waals surface area contributed by atoms with Crippen LogP contribution in [0.4, 0.5) is 0 Å². The first kappa shape index (κ1) is 11.1. The fourth-order valence-electron chi connectivity index (χ4n) is 3.52. The lowest BCUT2D eigenvalue weighted by Crippen LogP contribution is -2.27. The van der Waals surface area contributed by atoms with Crippen LogP contribution in [0.25, 0.3) is 0 Å². The van der Waals surface area contributed by atoms with Gasteiger partial charge in [-0.1, -0.05) is 24.3 Å². The molecule has 3 atom stereocenters. The van der Waals surface area contributed by atoms with E-state index in [2.05, 4.69) is 52.2 Å². The molecule has 2 heterocycles. The highest BCUT2D eigenvalue weighted by Gasteiger charge is 2.40. The van der Waals surface area contributed by atoms with Gasteiger partial charge in [0.25, 0.3) is 0 Å². The average molecular weight is 251 g/mol. The topological polar surface area (TPSA) is 37.0 Å². The van der Waals surface area contributed by atoms with Gasteiger partial charge >= 0.3 is 0 Å². The van der Waals surface area contributed by atoms with E-state index in [-0.39, 0.29) is 0 Å². The number of rotatable bonds is 1. The van der Waals surface area contributed by atoms with Crippen molar-refractivity contribution < 1.29 is 0 Å². The number of hydrogen-bond donors (Lipinski definition) is 2. The van der Waals surface area contributed by atoms with Gasteiger partial charge in [-0.05, 0) is 41.7 Å². The molecule has 3 unspecified atom stereocenters. The van der Waals surface area contributed by atoms with Gasteiger partial charge in [0.2, 0.25) is 0 Å². The number of hydrogen-bond acceptors (Lipinski definition) is 3. The molecule has 1 aliphatic heterocycles. The number of nitrogens with zero attached hydrogens (tertiary/aromatic N) is 1. The zero-order valence-electron chi connectivity index (χ0n) is 10.7. The summed E-state index contributed by atoms with van der Waals surface area (Å²) in [6.07, 6.45) is 6.17. The molecule has 0 amide bonds. The fraction of sp³-hybridized carbons (Fsp3) is 0.312. The van der Waals surface area contributed by atoms with Gasteiger partial charge in [-0.3, -0.25) is 4.98 Å². The molecule has 3 nitrogen and oxygen atoms in total. The van der Waals surface area contributed by atoms with Crippen molar-refractivity contribution in [3.05, 3.63) is 65.5 Å². The highest BCUT2D eigenvalue weighted by atomic mass is 15.4. The largest absolute Gasteiger partial charge is 0.265 e. The van der Waals surface area contributed by atoms with Crippen LogP contribution in [-0.2, 0) is 6.42 Å². The summed E-state index contributed by atoms with van der Waals surface area (Å²) in [6, 6.07) is 13.8. The lowest BCUT2D eigenvalue weighted by Gasteiger charge is -2.29. The van der Waals surface area contributed by atoms with Gasteiger partial charge in [-0.2, -0.15) is 0 Å². The standard InChI is InChI=1S/C16H17N3/c1-2-4-13-11(3-1)5-6-14-15(18-19-16(13)14)12-7-9-17-10-8-12/h1-4,7-10,14-16,18-19H,5-6H2. The van der Waals surface area contributed by atoms with Crippen LogP contribution in [0.5, 0.6) is 0 Å². The minimum absolute atomic E-state index is 0.390. The minimum atomic E-state index is 0.390. The normalized spacial score (nSPS) is 28.7. The second-order valence-corrected chi connectivity index (χ2v) is 5.43. The van der Waals surface area contributed by atoms with Crippen molar-refractivity contribution in [2.75, 3.05) is 0 Å². The molecule has 0 saturated carbocycles. The smallest absolute Gasteiger partial charge is 0.0512 e. The van der Waals surface area contributed by atoms with Crippen LogP contribution in [-0.4, -0.2) is 4.98 Å². The quantitative estimate of drug-likeness (QED) is 0.818. The predicted octanol–water partition coefficient (Wildman–Crippen LogP) is 2.53. The molecule has 0 spiro atoms. The lowest BCUT2D eigenvalue weighted by molar-refractivity contribution is 0.374. The molecule has 96 valence electrons.